The van der Waals surface area contributed by atoms with Gasteiger partial charge in [0.2, 0.25) is 0 Å². The molecule has 0 aliphatic carbocycles. The maximum absolute atomic E-state index is 10.6. The molecule has 0 spiro atoms. The number of furan rings is 1. The van der Waals surface area contributed by atoms with Gasteiger partial charge in [-0.2, -0.15) is 0 Å². The molecule has 14 heavy (non-hydrogen) atoms. The Hall–Kier alpha value is -1.29. The van der Waals surface area contributed by atoms with Crippen molar-refractivity contribution in [2.75, 3.05) is 6.54 Å². The van der Waals surface area contributed by atoms with E-state index in [0.717, 1.165) is 24.3 Å². The number of carboxylic acids is 1. The highest BCUT2D eigenvalue weighted by atomic mass is 16.4. The molecule has 2 heterocycles. The van der Waals surface area contributed by atoms with Gasteiger partial charge in [-0.05, 0) is 25.5 Å². The highest BCUT2D eigenvalue weighted by Gasteiger charge is 2.25. The fraction of sp³-hybridized carbons (Fsp3) is 0.500. The molecule has 4 heteroatoms. The van der Waals surface area contributed by atoms with Crippen molar-refractivity contribution in [1.82, 2.24) is 5.32 Å². The van der Waals surface area contributed by atoms with E-state index in [1.807, 2.05) is 6.92 Å². The molecule has 1 unspecified atom stereocenters. The van der Waals surface area contributed by atoms with Gasteiger partial charge < -0.3 is 14.8 Å². The van der Waals surface area contributed by atoms with E-state index < -0.39 is 5.97 Å². The van der Waals surface area contributed by atoms with Crippen molar-refractivity contribution in [2.45, 2.75) is 25.8 Å². The third kappa shape index (κ3) is 1.53. The summed E-state index contributed by atoms with van der Waals surface area (Å²) >= 11 is 0. The predicted molar refractivity (Wildman–Crippen MR) is 50.1 cm³/mol. The third-order valence-corrected chi connectivity index (χ3v) is 2.66. The van der Waals surface area contributed by atoms with Crippen LogP contribution in [0.5, 0.6) is 0 Å². The molecule has 1 aliphatic rings. The maximum Gasteiger partial charge on any atom is 0.305 e. The largest absolute Gasteiger partial charge is 0.481 e. The first-order chi connectivity index (χ1) is 6.68. The minimum atomic E-state index is -0.783. The highest BCUT2D eigenvalue weighted by molar-refractivity contribution is 5.68. The van der Waals surface area contributed by atoms with Crippen molar-refractivity contribution in [1.29, 1.82) is 0 Å². The van der Waals surface area contributed by atoms with Gasteiger partial charge in [-0.15, -0.1) is 0 Å². The third-order valence-electron chi connectivity index (χ3n) is 2.66. The van der Waals surface area contributed by atoms with Gasteiger partial charge in [-0.3, -0.25) is 4.79 Å². The number of aryl methyl sites for hydroxylation is 1. The van der Waals surface area contributed by atoms with E-state index in [-0.39, 0.29) is 12.5 Å². The summed E-state index contributed by atoms with van der Waals surface area (Å²) < 4.78 is 5.30. The molecule has 1 aromatic rings. The van der Waals surface area contributed by atoms with E-state index in [2.05, 4.69) is 5.32 Å². The molecule has 1 aromatic heterocycles. The molecule has 1 aliphatic heterocycles. The second kappa shape index (κ2) is 3.46. The fourth-order valence-corrected chi connectivity index (χ4v) is 1.95. The van der Waals surface area contributed by atoms with Crippen molar-refractivity contribution in [3.8, 4) is 0 Å². The Bertz CT molecular complexity index is 356. The standard InChI is InChI=1S/C10H13NO3/c1-6-7-2-3-11-9(4-10(12)13)8(7)5-14-6/h5,9,11H,2-4H2,1H3,(H,12,13). The summed E-state index contributed by atoms with van der Waals surface area (Å²) in [5, 5.41) is 11.9. The Kier molecular flexibility index (Phi) is 2.29. The average molecular weight is 195 g/mol. The molecule has 1 atom stereocenters. The zero-order valence-corrected chi connectivity index (χ0v) is 8.04. The minimum Gasteiger partial charge on any atom is -0.481 e. The predicted octanol–water partition coefficient (Wildman–Crippen LogP) is 1.25. The lowest BCUT2D eigenvalue weighted by Gasteiger charge is -2.22. The number of carboxylic acid groups (broad SMARTS) is 1. The molecule has 0 saturated carbocycles. The van der Waals surface area contributed by atoms with Gasteiger partial charge in [0.1, 0.15) is 5.76 Å². The van der Waals surface area contributed by atoms with Crippen LogP contribution < -0.4 is 5.32 Å². The molecule has 0 fully saturated rings. The topological polar surface area (TPSA) is 62.5 Å². The van der Waals surface area contributed by atoms with Crippen molar-refractivity contribution in [3.05, 3.63) is 23.2 Å². The van der Waals surface area contributed by atoms with Crippen molar-refractivity contribution in [2.24, 2.45) is 0 Å². The molecule has 0 saturated heterocycles. The summed E-state index contributed by atoms with van der Waals surface area (Å²) in [6.07, 6.45) is 2.71. The molecular weight excluding hydrogens is 182 g/mol. The van der Waals surface area contributed by atoms with E-state index >= 15 is 0 Å². The summed E-state index contributed by atoms with van der Waals surface area (Å²) in [5.74, 6) is 0.131. The van der Waals surface area contributed by atoms with Crippen LogP contribution in [0.15, 0.2) is 10.7 Å². The Balaban J connectivity index is 2.27. The second-order valence-electron chi connectivity index (χ2n) is 3.58. The molecule has 0 bridgehead atoms. The lowest BCUT2D eigenvalue weighted by atomic mass is 9.95. The van der Waals surface area contributed by atoms with E-state index in [9.17, 15) is 4.79 Å². The van der Waals surface area contributed by atoms with Gasteiger partial charge in [-0.25, -0.2) is 0 Å². The van der Waals surface area contributed by atoms with Gasteiger partial charge in [0.05, 0.1) is 12.7 Å². The monoisotopic (exact) mass is 195 g/mol. The molecule has 0 radical (unpaired) electrons. The molecule has 4 nitrogen and oxygen atoms in total. The minimum absolute atomic E-state index is 0.0892. The summed E-state index contributed by atoms with van der Waals surface area (Å²) in [7, 11) is 0. The average Bonchev–Trinajstić information content (AvgIpc) is 2.49. The fourth-order valence-electron chi connectivity index (χ4n) is 1.95. The van der Waals surface area contributed by atoms with Crippen LogP contribution in [0.2, 0.25) is 0 Å². The van der Waals surface area contributed by atoms with Gasteiger partial charge in [-0.1, -0.05) is 0 Å². The van der Waals surface area contributed by atoms with Gasteiger partial charge in [0.25, 0.3) is 0 Å². The van der Waals surface area contributed by atoms with Crippen LogP contribution in [-0.2, 0) is 11.2 Å². The number of carbonyl (C=O) groups is 1. The first kappa shape index (κ1) is 9.27. The van der Waals surface area contributed by atoms with Crippen molar-refractivity contribution >= 4 is 5.97 Å². The van der Waals surface area contributed by atoms with Crippen molar-refractivity contribution in [3.63, 3.8) is 0 Å². The number of fused-ring (bicyclic) bond motifs is 1. The lowest BCUT2D eigenvalue weighted by molar-refractivity contribution is -0.137. The van der Waals surface area contributed by atoms with Gasteiger partial charge in [0.15, 0.2) is 0 Å². The van der Waals surface area contributed by atoms with Crippen LogP contribution in [-0.4, -0.2) is 17.6 Å². The van der Waals surface area contributed by atoms with Crippen LogP contribution in [0.4, 0.5) is 0 Å². The first-order valence-corrected chi connectivity index (χ1v) is 4.70. The zero-order valence-electron chi connectivity index (χ0n) is 8.04. The van der Waals surface area contributed by atoms with E-state index in [0.29, 0.717) is 0 Å². The smallest absolute Gasteiger partial charge is 0.305 e. The summed E-state index contributed by atoms with van der Waals surface area (Å²) in [5.41, 5.74) is 2.19. The Morgan fingerprint density at radius 3 is 3.29 bits per heavy atom. The van der Waals surface area contributed by atoms with Crippen LogP contribution in [0.25, 0.3) is 0 Å². The zero-order chi connectivity index (χ0) is 10.1. The number of rotatable bonds is 2. The van der Waals surface area contributed by atoms with Gasteiger partial charge in [0, 0.05) is 11.6 Å². The van der Waals surface area contributed by atoms with E-state index in [1.165, 1.54) is 5.56 Å². The van der Waals surface area contributed by atoms with E-state index in [4.69, 9.17) is 9.52 Å². The second-order valence-corrected chi connectivity index (χ2v) is 3.58. The maximum atomic E-state index is 10.6. The lowest BCUT2D eigenvalue weighted by Crippen LogP contribution is -2.30. The van der Waals surface area contributed by atoms with Crippen LogP contribution in [0, 0.1) is 6.92 Å². The number of nitrogens with one attached hydrogen (secondary N) is 1. The van der Waals surface area contributed by atoms with Gasteiger partial charge >= 0.3 is 5.97 Å². The number of hydrogen-bond donors (Lipinski definition) is 2. The molecule has 2 N–H and O–H groups in total. The SMILES string of the molecule is Cc1occ2c1CCNC2CC(=O)O. The first-order valence-electron chi connectivity index (χ1n) is 4.70. The van der Waals surface area contributed by atoms with Crippen LogP contribution in [0.3, 0.4) is 0 Å². The Morgan fingerprint density at radius 2 is 2.57 bits per heavy atom. The summed E-state index contributed by atoms with van der Waals surface area (Å²) in [6.45, 7) is 2.74. The molecular formula is C10H13NO3. The Labute approximate surface area is 81.9 Å². The normalized spacial score (nSPS) is 20.5. The molecule has 2 rings (SSSR count). The number of aliphatic carboxylic acids is 1. The Morgan fingerprint density at radius 1 is 1.79 bits per heavy atom. The highest BCUT2D eigenvalue weighted by Crippen LogP contribution is 2.28. The summed E-state index contributed by atoms with van der Waals surface area (Å²) in [4.78, 5) is 10.6. The van der Waals surface area contributed by atoms with E-state index in [1.54, 1.807) is 6.26 Å². The van der Waals surface area contributed by atoms with Crippen LogP contribution in [0.1, 0.15) is 29.3 Å². The molecule has 76 valence electrons. The van der Waals surface area contributed by atoms with Crippen LogP contribution >= 0.6 is 0 Å². The summed E-state index contributed by atoms with van der Waals surface area (Å²) in [6, 6.07) is -0.0892. The quantitative estimate of drug-likeness (QED) is 0.745. The van der Waals surface area contributed by atoms with Crippen molar-refractivity contribution < 1.29 is 14.3 Å². The molecule has 0 amide bonds. The molecule has 0 aromatic carbocycles. The number of hydrogen-bond acceptors (Lipinski definition) is 3.